The smallest absolute Gasteiger partial charge is 0.130 e. The Labute approximate surface area is 147 Å². The molecule has 1 atom stereocenters. The molecule has 0 bridgehead atoms. The molecule has 0 saturated carbocycles. The molecule has 1 saturated heterocycles. The summed E-state index contributed by atoms with van der Waals surface area (Å²) in [6, 6.07) is 2.54. The minimum Gasteiger partial charge on any atom is -0.370 e. The zero-order valence-electron chi connectivity index (χ0n) is 14.5. The van der Waals surface area contributed by atoms with Crippen molar-refractivity contribution in [2.75, 3.05) is 31.6 Å². The van der Waals surface area contributed by atoms with E-state index >= 15 is 0 Å². The van der Waals surface area contributed by atoms with Crippen LogP contribution in [0.4, 0.5) is 5.82 Å². The van der Waals surface area contributed by atoms with E-state index in [4.69, 9.17) is 4.74 Å². The Bertz CT molecular complexity index is 646. The van der Waals surface area contributed by atoms with Crippen molar-refractivity contribution in [1.82, 2.24) is 19.9 Å². The van der Waals surface area contributed by atoms with Gasteiger partial charge in [0.25, 0.3) is 0 Å². The molecule has 2 aromatic rings. The average Bonchev–Trinajstić information content (AvgIpc) is 3.08. The third-order valence-electron chi connectivity index (χ3n) is 4.14. The fraction of sp³-hybridized carbons (Fsp3) is 0.588. The first-order valence-electron chi connectivity index (χ1n) is 8.45. The van der Waals surface area contributed by atoms with Crippen molar-refractivity contribution in [2.45, 2.75) is 39.3 Å². The lowest BCUT2D eigenvalue weighted by Crippen LogP contribution is -2.42. The quantitative estimate of drug-likeness (QED) is 0.867. The molecule has 0 amide bonds. The van der Waals surface area contributed by atoms with E-state index in [1.807, 2.05) is 24.6 Å². The Hall–Kier alpha value is -1.57. The summed E-state index contributed by atoms with van der Waals surface area (Å²) >= 11 is 1.68. The average molecular weight is 347 g/mol. The highest BCUT2D eigenvalue weighted by molar-refractivity contribution is 7.09. The molecule has 6 nitrogen and oxygen atoms in total. The van der Waals surface area contributed by atoms with Gasteiger partial charge in [0.05, 0.1) is 17.3 Å². The number of morpholine rings is 1. The number of hydrogen-bond donors (Lipinski definition) is 1. The number of hydrogen-bond acceptors (Lipinski definition) is 7. The van der Waals surface area contributed by atoms with Crippen LogP contribution in [-0.4, -0.2) is 52.1 Å². The zero-order valence-corrected chi connectivity index (χ0v) is 15.3. The largest absolute Gasteiger partial charge is 0.370 e. The maximum atomic E-state index is 5.95. The van der Waals surface area contributed by atoms with Gasteiger partial charge in [0, 0.05) is 49.7 Å². The summed E-state index contributed by atoms with van der Waals surface area (Å²) in [6.07, 6.45) is 2.76. The van der Waals surface area contributed by atoms with E-state index in [1.165, 1.54) is 0 Å². The molecule has 1 aliphatic heterocycles. The van der Waals surface area contributed by atoms with E-state index < -0.39 is 0 Å². The lowest BCUT2D eigenvalue weighted by molar-refractivity contribution is -0.0422. The Morgan fingerprint density at radius 1 is 1.42 bits per heavy atom. The summed E-state index contributed by atoms with van der Waals surface area (Å²) in [6.45, 7) is 9.80. The lowest BCUT2D eigenvalue weighted by atomic mass is 10.1. The van der Waals surface area contributed by atoms with Gasteiger partial charge in [-0.25, -0.2) is 15.0 Å². The molecule has 7 heteroatoms. The van der Waals surface area contributed by atoms with Crippen molar-refractivity contribution in [3.8, 4) is 0 Å². The van der Waals surface area contributed by atoms with Crippen molar-refractivity contribution in [3.05, 3.63) is 34.2 Å². The van der Waals surface area contributed by atoms with E-state index in [2.05, 4.69) is 39.0 Å². The SMILES string of the molecule is Cc1nc(NCCc2nccs2)cc(C2CN(C(C)C)CCO2)n1. The summed E-state index contributed by atoms with van der Waals surface area (Å²) in [5.74, 6) is 1.63. The molecule has 130 valence electrons. The van der Waals surface area contributed by atoms with Crippen LogP contribution in [0, 0.1) is 6.92 Å². The van der Waals surface area contributed by atoms with E-state index in [0.717, 1.165) is 55.0 Å². The number of nitrogens with one attached hydrogen (secondary N) is 1. The first-order valence-corrected chi connectivity index (χ1v) is 9.33. The van der Waals surface area contributed by atoms with Gasteiger partial charge in [-0.15, -0.1) is 11.3 Å². The number of nitrogens with zero attached hydrogens (tertiary/aromatic N) is 4. The molecule has 1 unspecified atom stereocenters. The molecule has 1 aliphatic rings. The van der Waals surface area contributed by atoms with E-state index in [0.29, 0.717) is 6.04 Å². The molecular formula is C17H25N5OS. The van der Waals surface area contributed by atoms with Gasteiger partial charge in [0.2, 0.25) is 0 Å². The summed E-state index contributed by atoms with van der Waals surface area (Å²) in [5.41, 5.74) is 0.963. The van der Waals surface area contributed by atoms with Gasteiger partial charge in [0.1, 0.15) is 17.7 Å². The van der Waals surface area contributed by atoms with Crippen molar-refractivity contribution in [1.29, 1.82) is 0 Å². The fourth-order valence-electron chi connectivity index (χ4n) is 2.84. The van der Waals surface area contributed by atoms with Gasteiger partial charge in [-0.05, 0) is 20.8 Å². The molecule has 0 aromatic carbocycles. The maximum Gasteiger partial charge on any atom is 0.130 e. The van der Waals surface area contributed by atoms with Crippen LogP contribution >= 0.6 is 11.3 Å². The van der Waals surface area contributed by atoms with Gasteiger partial charge >= 0.3 is 0 Å². The van der Waals surface area contributed by atoms with Gasteiger partial charge in [-0.3, -0.25) is 4.90 Å². The molecule has 1 fully saturated rings. The maximum absolute atomic E-state index is 5.95. The Balaban J connectivity index is 1.64. The van der Waals surface area contributed by atoms with E-state index in [1.54, 1.807) is 11.3 Å². The molecule has 3 rings (SSSR count). The Kier molecular flexibility index (Phi) is 5.76. The van der Waals surface area contributed by atoms with Gasteiger partial charge in [-0.2, -0.15) is 0 Å². The molecular weight excluding hydrogens is 322 g/mol. The number of thiazole rings is 1. The predicted octanol–water partition coefficient (Wildman–Crippen LogP) is 2.68. The van der Waals surface area contributed by atoms with Gasteiger partial charge in [0.15, 0.2) is 0 Å². The Morgan fingerprint density at radius 3 is 3.04 bits per heavy atom. The van der Waals surface area contributed by atoms with Crippen molar-refractivity contribution >= 4 is 17.2 Å². The van der Waals surface area contributed by atoms with Crippen LogP contribution in [-0.2, 0) is 11.2 Å². The molecule has 1 N–H and O–H groups in total. The molecule has 2 aromatic heterocycles. The van der Waals surface area contributed by atoms with E-state index in [9.17, 15) is 0 Å². The minimum absolute atomic E-state index is 0.0161. The van der Waals surface area contributed by atoms with Crippen LogP contribution < -0.4 is 5.32 Å². The van der Waals surface area contributed by atoms with Crippen LogP contribution in [0.5, 0.6) is 0 Å². The van der Waals surface area contributed by atoms with Crippen LogP contribution in [0.25, 0.3) is 0 Å². The topological polar surface area (TPSA) is 63.2 Å². The standard InChI is InChI=1S/C17H25N5OS/c1-12(2)22-7-8-23-15(11-22)14-10-16(21-13(3)20-14)18-5-4-17-19-6-9-24-17/h6,9-10,12,15H,4-5,7-8,11H2,1-3H3,(H,18,20,21). The van der Waals surface area contributed by atoms with Crippen LogP contribution in [0.1, 0.15) is 36.5 Å². The second kappa shape index (κ2) is 8.00. The molecule has 0 radical (unpaired) electrons. The van der Waals surface area contributed by atoms with Gasteiger partial charge < -0.3 is 10.1 Å². The molecule has 0 spiro atoms. The number of aromatic nitrogens is 3. The molecule has 0 aliphatic carbocycles. The predicted molar refractivity (Wildman–Crippen MR) is 96.5 cm³/mol. The number of anilines is 1. The van der Waals surface area contributed by atoms with Crippen LogP contribution in [0.15, 0.2) is 17.6 Å². The lowest BCUT2D eigenvalue weighted by Gasteiger charge is -2.35. The third-order valence-corrected chi connectivity index (χ3v) is 4.98. The van der Waals surface area contributed by atoms with Crippen LogP contribution in [0.2, 0.25) is 0 Å². The number of aryl methyl sites for hydroxylation is 1. The van der Waals surface area contributed by atoms with Crippen LogP contribution in [0.3, 0.4) is 0 Å². The highest BCUT2D eigenvalue weighted by atomic mass is 32.1. The number of ether oxygens (including phenoxy) is 1. The first-order chi connectivity index (χ1) is 11.6. The van der Waals surface area contributed by atoms with Crippen molar-refractivity contribution < 1.29 is 4.74 Å². The molecule has 3 heterocycles. The highest BCUT2D eigenvalue weighted by Gasteiger charge is 2.25. The first kappa shape index (κ1) is 17.3. The van der Waals surface area contributed by atoms with Crippen molar-refractivity contribution in [3.63, 3.8) is 0 Å². The minimum atomic E-state index is 0.0161. The zero-order chi connectivity index (χ0) is 16.9. The van der Waals surface area contributed by atoms with Crippen molar-refractivity contribution in [2.24, 2.45) is 0 Å². The second-order valence-electron chi connectivity index (χ2n) is 6.28. The monoisotopic (exact) mass is 347 g/mol. The highest BCUT2D eigenvalue weighted by Crippen LogP contribution is 2.23. The Morgan fingerprint density at radius 2 is 2.29 bits per heavy atom. The summed E-state index contributed by atoms with van der Waals surface area (Å²) in [5, 5.41) is 6.52. The summed E-state index contributed by atoms with van der Waals surface area (Å²) in [4.78, 5) is 15.8. The van der Waals surface area contributed by atoms with Gasteiger partial charge in [-0.1, -0.05) is 0 Å². The summed E-state index contributed by atoms with van der Waals surface area (Å²) < 4.78 is 5.95. The number of rotatable bonds is 6. The fourth-order valence-corrected chi connectivity index (χ4v) is 3.46. The van der Waals surface area contributed by atoms with E-state index in [-0.39, 0.29) is 6.10 Å². The second-order valence-corrected chi connectivity index (χ2v) is 7.26. The summed E-state index contributed by atoms with van der Waals surface area (Å²) in [7, 11) is 0. The normalized spacial score (nSPS) is 18.9. The molecule has 24 heavy (non-hydrogen) atoms. The third kappa shape index (κ3) is 4.49.